The second kappa shape index (κ2) is 7.49. The highest BCUT2D eigenvalue weighted by Crippen LogP contribution is 2.20. The van der Waals surface area contributed by atoms with Gasteiger partial charge in [0.1, 0.15) is 5.75 Å². The molecule has 0 aliphatic heterocycles. The van der Waals surface area contributed by atoms with Crippen molar-refractivity contribution >= 4 is 16.7 Å². The predicted molar refractivity (Wildman–Crippen MR) is 91.8 cm³/mol. The molecule has 0 aromatic heterocycles. The van der Waals surface area contributed by atoms with Crippen LogP contribution in [0.4, 0.5) is 0 Å². The highest BCUT2D eigenvalue weighted by molar-refractivity contribution is 5.84. The van der Waals surface area contributed by atoms with Gasteiger partial charge < -0.3 is 10.2 Å². The third-order valence-corrected chi connectivity index (χ3v) is 3.76. The van der Waals surface area contributed by atoms with E-state index >= 15 is 0 Å². The first-order chi connectivity index (χ1) is 11.3. The topological polar surface area (TPSA) is 50.4 Å². The fourth-order valence-electron chi connectivity index (χ4n) is 2.52. The Morgan fingerprint density at radius 3 is 2.83 bits per heavy atom. The quantitative estimate of drug-likeness (QED) is 0.657. The van der Waals surface area contributed by atoms with Crippen LogP contribution in [0.15, 0.2) is 66.4 Å². The maximum Gasteiger partial charge on any atom is 0.276 e. The monoisotopic (exact) mass is 308 g/mol. The molecule has 2 N–H and O–H groups in total. The maximum absolute atomic E-state index is 11.8. The molecule has 4 heteroatoms. The van der Waals surface area contributed by atoms with Gasteiger partial charge in [-0.2, -0.15) is 0 Å². The number of nitrogens with one attached hydrogen (secondary N) is 2. The third kappa shape index (κ3) is 4.36. The van der Waals surface area contributed by atoms with Gasteiger partial charge in [0, 0.05) is 6.20 Å². The van der Waals surface area contributed by atoms with E-state index in [4.69, 9.17) is 4.74 Å². The molecule has 0 fully saturated rings. The summed E-state index contributed by atoms with van der Waals surface area (Å²) in [7, 11) is 0. The molecule has 0 saturated carbocycles. The number of benzene rings is 2. The Labute approximate surface area is 135 Å². The smallest absolute Gasteiger partial charge is 0.276 e. The molecule has 0 radical (unpaired) electrons. The Balaban J connectivity index is 1.47. The van der Waals surface area contributed by atoms with Crippen LogP contribution < -0.4 is 15.6 Å². The second-order valence-electron chi connectivity index (χ2n) is 5.51. The number of hydrogen-bond acceptors (Lipinski definition) is 3. The number of fused-ring (bicyclic) bond motifs is 1. The van der Waals surface area contributed by atoms with Crippen molar-refractivity contribution in [1.29, 1.82) is 0 Å². The predicted octanol–water partition coefficient (Wildman–Crippen LogP) is 3.46. The van der Waals surface area contributed by atoms with Crippen LogP contribution in [-0.2, 0) is 4.79 Å². The average molecular weight is 308 g/mol. The van der Waals surface area contributed by atoms with Crippen LogP contribution in [0.2, 0.25) is 0 Å². The number of ether oxygens (including phenoxy) is 1. The molecule has 1 amide bonds. The highest BCUT2D eigenvalue weighted by Gasteiger charge is 2.03. The van der Waals surface area contributed by atoms with E-state index in [-0.39, 0.29) is 12.5 Å². The first-order valence-corrected chi connectivity index (χ1v) is 7.80. The lowest BCUT2D eigenvalue weighted by Crippen LogP contribution is -2.37. The van der Waals surface area contributed by atoms with E-state index in [1.807, 2.05) is 48.7 Å². The molecule has 2 aromatic carbocycles. The number of hydrazine groups is 1. The zero-order valence-corrected chi connectivity index (χ0v) is 12.9. The molecular weight excluding hydrogens is 288 g/mol. The minimum atomic E-state index is -0.207. The van der Waals surface area contributed by atoms with E-state index in [9.17, 15) is 4.79 Å². The number of carbonyl (C=O) groups is 1. The lowest BCUT2D eigenvalue weighted by atomic mass is 10.0. The molecule has 1 aliphatic carbocycles. The van der Waals surface area contributed by atoms with Gasteiger partial charge in [0.05, 0.1) is 0 Å². The van der Waals surface area contributed by atoms with Gasteiger partial charge in [0.15, 0.2) is 6.61 Å². The fourth-order valence-corrected chi connectivity index (χ4v) is 2.52. The first-order valence-electron chi connectivity index (χ1n) is 7.80. The number of rotatable bonds is 5. The molecule has 0 atom stereocenters. The van der Waals surface area contributed by atoms with Crippen molar-refractivity contribution in [3.63, 3.8) is 0 Å². The van der Waals surface area contributed by atoms with Crippen molar-refractivity contribution in [1.82, 2.24) is 10.9 Å². The van der Waals surface area contributed by atoms with Crippen LogP contribution in [-0.4, -0.2) is 12.5 Å². The van der Waals surface area contributed by atoms with Gasteiger partial charge in [0.2, 0.25) is 0 Å². The Morgan fingerprint density at radius 2 is 2.00 bits per heavy atom. The molecular formula is C19H20N2O2. The van der Waals surface area contributed by atoms with Crippen molar-refractivity contribution in [2.75, 3.05) is 6.61 Å². The van der Waals surface area contributed by atoms with Gasteiger partial charge in [-0.1, -0.05) is 42.5 Å². The molecule has 118 valence electrons. The summed E-state index contributed by atoms with van der Waals surface area (Å²) >= 11 is 0. The molecule has 0 spiro atoms. The molecule has 1 aliphatic rings. The van der Waals surface area contributed by atoms with Crippen LogP contribution >= 0.6 is 0 Å². The molecule has 0 unspecified atom stereocenters. The zero-order valence-electron chi connectivity index (χ0n) is 12.9. The molecule has 3 rings (SSSR count). The minimum absolute atomic E-state index is 0.0194. The maximum atomic E-state index is 11.8. The highest BCUT2D eigenvalue weighted by atomic mass is 16.5. The van der Waals surface area contributed by atoms with Gasteiger partial charge in [-0.3, -0.25) is 10.2 Å². The number of hydrogen-bond donors (Lipinski definition) is 2. The zero-order chi connectivity index (χ0) is 15.9. The molecule has 0 heterocycles. The van der Waals surface area contributed by atoms with E-state index in [2.05, 4.69) is 23.0 Å². The molecule has 23 heavy (non-hydrogen) atoms. The SMILES string of the molecule is O=C(COc1ccc2ccccc2c1)NNC=C1CC=CCC1. The van der Waals surface area contributed by atoms with Crippen molar-refractivity contribution in [3.05, 3.63) is 66.4 Å². The van der Waals surface area contributed by atoms with Crippen molar-refractivity contribution in [3.8, 4) is 5.75 Å². The molecule has 0 saturated heterocycles. The van der Waals surface area contributed by atoms with Crippen LogP contribution in [0.1, 0.15) is 19.3 Å². The fraction of sp³-hybridized carbons (Fsp3) is 0.211. The summed E-state index contributed by atoms with van der Waals surface area (Å²) in [5.74, 6) is 0.482. The summed E-state index contributed by atoms with van der Waals surface area (Å²) < 4.78 is 5.53. The summed E-state index contributed by atoms with van der Waals surface area (Å²) in [5, 5.41) is 2.25. The van der Waals surface area contributed by atoms with Crippen molar-refractivity contribution < 1.29 is 9.53 Å². The molecule has 4 nitrogen and oxygen atoms in total. The van der Waals surface area contributed by atoms with Gasteiger partial charge in [0.25, 0.3) is 5.91 Å². The Kier molecular flexibility index (Phi) is 4.94. The van der Waals surface area contributed by atoms with E-state index in [0.717, 1.165) is 30.0 Å². The second-order valence-corrected chi connectivity index (χ2v) is 5.51. The molecule has 2 aromatic rings. The summed E-state index contributed by atoms with van der Waals surface area (Å²) in [5.41, 5.74) is 6.75. The third-order valence-electron chi connectivity index (χ3n) is 3.76. The normalized spacial score (nSPS) is 15.6. The molecule has 0 bridgehead atoms. The van der Waals surface area contributed by atoms with Gasteiger partial charge in [-0.25, -0.2) is 0 Å². The Morgan fingerprint density at radius 1 is 1.13 bits per heavy atom. The Hall–Kier alpha value is -2.75. The van der Waals surface area contributed by atoms with Crippen LogP contribution in [0.5, 0.6) is 5.75 Å². The van der Waals surface area contributed by atoms with Crippen molar-refractivity contribution in [2.24, 2.45) is 0 Å². The van der Waals surface area contributed by atoms with E-state index in [1.165, 1.54) is 5.57 Å². The largest absolute Gasteiger partial charge is 0.484 e. The summed E-state index contributed by atoms with van der Waals surface area (Å²) in [4.78, 5) is 11.8. The van der Waals surface area contributed by atoms with Gasteiger partial charge in [-0.15, -0.1) is 0 Å². The van der Waals surface area contributed by atoms with Crippen molar-refractivity contribution in [2.45, 2.75) is 19.3 Å². The van der Waals surface area contributed by atoms with Gasteiger partial charge >= 0.3 is 0 Å². The minimum Gasteiger partial charge on any atom is -0.484 e. The summed E-state index contributed by atoms with van der Waals surface area (Å²) in [6.07, 6.45) is 9.21. The van der Waals surface area contributed by atoms with E-state index < -0.39 is 0 Å². The number of amides is 1. The van der Waals surface area contributed by atoms with Crippen LogP contribution in [0.25, 0.3) is 10.8 Å². The summed E-state index contributed by atoms with van der Waals surface area (Å²) in [6.45, 7) is -0.0194. The standard InChI is InChI=1S/C19H20N2O2/c22-19(21-20-13-15-6-2-1-3-7-15)14-23-18-11-10-16-8-4-5-9-17(16)12-18/h1-2,4-5,8-13,20H,3,6-7,14H2,(H,21,22). The number of carbonyl (C=O) groups excluding carboxylic acids is 1. The van der Waals surface area contributed by atoms with Gasteiger partial charge in [-0.05, 0) is 47.7 Å². The lowest BCUT2D eigenvalue weighted by molar-refractivity contribution is -0.123. The van der Waals surface area contributed by atoms with E-state index in [1.54, 1.807) is 0 Å². The first kappa shape index (κ1) is 15.2. The number of allylic oxidation sites excluding steroid dienone is 3. The van der Waals surface area contributed by atoms with E-state index in [0.29, 0.717) is 5.75 Å². The lowest BCUT2D eigenvalue weighted by Gasteiger charge is -2.11. The average Bonchev–Trinajstić information content (AvgIpc) is 2.61. The van der Waals surface area contributed by atoms with Crippen LogP contribution in [0.3, 0.4) is 0 Å². The Bertz CT molecular complexity index is 750. The summed E-state index contributed by atoms with van der Waals surface area (Å²) in [6, 6.07) is 13.8. The van der Waals surface area contributed by atoms with Crippen LogP contribution in [0, 0.1) is 0 Å².